The third kappa shape index (κ3) is 4.54. The fraction of sp³-hybridized carbons (Fsp3) is 0.385. The molecule has 2 amide bonds. The van der Waals surface area contributed by atoms with E-state index in [2.05, 4.69) is 12.1 Å². The zero-order chi connectivity index (χ0) is 20.9. The highest BCUT2D eigenvalue weighted by Gasteiger charge is 2.42. The maximum atomic E-state index is 13.6. The van der Waals surface area contributed by atoms with Gasteiger partial charge in [-0.25, -0.2) is 0 Å². The molecule has 0 saturated heterocycles. The number of imide groups is 1. The Morgan fingerprint density at radius 2 is 1.47 bits per heavy atom. The highest BCUT2D eigenvalue weighted by atomic mass is 32.2. The van der Waals surface area contributed by atoms with Gasteiger partial charge in [0.2, 0.25) is 0 Å². The zero-order valence-corrected chi connectivity index (χ0v) is 18.4. The van der Waals surface area contributed by atoms with Gasteiger partial charge in [-0.2, -0.15) is 0 Å². The zero-order valence-electron chi connectivity index (χ0n) is 17.6. The number of carbonyl (C=O) groups excluding carboxylic acids is 2. The molecule has 156 valence electrons. The summed E-state index contributed by atoms with van der Waals surface area (Å²) < 4.78 is 0. The van der Waals surface area contributed by atoms with Crippen molar-refractivity contribution in [1.82, 2.24) is 4.90 Å². The van der Waals surface area contributed by atoms with E-state index in [0.29, 0.717) is 16.2 Å². The van der Waals surface area contributed by atoms with Crippen molar-refractivity contribution in [3.8, 4) is 0 Å². The summed E-state index contributed by atoms with van der Waals surface area (Å²) in [4.78, 5) is 29.3. The summed E-state index contributed by atoms with van der Waals surface area (Å²) in [5.41, 5.74) is 3.74. The van der Waals surface area contributed by atoms with Gasteiger partial charge in [0.25, 0.3) is 11.8 Å². The van der Waals surface area contributed by atoms with E-state index in [-0.39, 0.29) is 17.9 Å². The number of carbonyl (C=O) groups is 2. The van der Waals surface area contributed by atoms with Crippen molar-refractivity contribution in [2.24, 2.45) is 0 Å². The molecule has 0 unspecified atom stereocenters. The number of nitrogens with zero attached hydrogens (tertiary/aromatic N) is 1. The second-order valence-corrected chi connectivity index (χ2v) is 9.31. The number of benzene rings is 2. The molecular formula is C26H29NO2S. The lowest BCUT2D eigenvalue weighted by molar-refractivity contribution is -0.139. The molecule has 0 radical (unpaired) electrons. The smallest absolute Gasteiger partial charge is 0.268 e. The van der Waals surface area contributed by atoms with Crippen LogP contribution < -0.4 is 0 Å². The van der Waals surface area contributed by atoms with Gasteiger partial charge in [0.1, 0.15) is 0 Å². The minimum Gasteiger partial charge on any atom is -0.271 e. The third-order valence-corrected chi connectivity index (χ3v) is 7.22. The minimum absolute atomic E-state index is 0.0283. The van der Waals surface area contributed by atoms with E-state index in [1.807, 2.05) is 49.4 Å². The van der Waals surface area contributed by atoms with Crippen LogP contribution in [0.5, 0.6) is 0 Å². The summed E-state index contributed by atoms with van der Waals surface area (Å²) in [6.45, 7) is 2.03. The van der Waals surface area contributed by atoms with Gasteiger partial charge in [-0.15, -0.1) is 11.8 Å². The second-order valence-electron chi connectivity index (χ2n) is 8.32. The topological polar surface area (TPSA) is 37.4 Å². The van der Waals surface area contributed by atoms with E-state index in [9.17, 15) is 9.59 Å². The molecule has 0 N–H and O–H groups in total. The molecule has 0 aromatic heterocycles. The van der Waals surface area contributed by atoms with Crippen molar-refractivity contribution >= 4 is 29.1 Å². The summed E-state index contributed by atoms with van der Waals surface area (Å²) in [7, 11) is 0. The van der Waals surface area contributed by atoms with Crippen LogP contribution in [0.2, 0.25) is 0 Å². The van der Waals surface area contributed by atoms with E-state index >= 15 is 0 Å². The first kappa shape index (κ1) is 20.9. The van der Waals surface area contributed by atoms with Gasteiger partial charge < -0.3 is 0 Å². The minimum atomic E-state index is -0.106. The average Bonchev–Trinajstić information content (AvgIpc) is 2.98. The molecule has 1 saturated carbocycles. The van der Waals surface area contributed by atoms with Crippen LogP contribution in [-0.4, -0.2) is 22.8 Å². The molecule has 2 aromatic carbocycles. The lowest BCUT2D eigenvalue weighted by Gasteiger charge is -2.28. The van der Waals surface area contributed by atoms with Crippen LogP contribution in [0.1, 0.15) is 61.6 Å². The lowest BCUT2D eigenvalue weighted by atomic mass is 9.95. The highest BCUT2D eigenvalue weighted by molar-refractivity contribution is 8.03. The predicted molar refractivity (Wildman–Crippen MR) is 124 cm³/mol. The Balaban J connectivity index is 1.65. The van der Waals surface area contributed by atoms with Crippen molar-refractivity contribution < 1.29 is 9.59 Å². The molecule has 1 aliphatic carbocycles. The molecule has 30 heavy (non-hydrogen) atoms. The Bertz CT molecular complexity index is 925. The number of hydrogen-bond acceptors (Lipinski definition) is 3. The first-order valence-electron chi connectivity index (χ1n) is 11.0. The van der Waals surface area contributed by atoms with E-state index in [0.717, 1.165) is 42.4 Å². The SMILES string of the molecule is Cc1ccc(C2=C(SCc3ccccc3)C(=O)N(C3CCCCCCC3)C2=O)cc1. The Hall–Kier alpha value is -2.33. The van der Waals surface area contributed by atoms with Crippen LogP contribution in [0.25, 0.3) is 5.57 Å². The van der Waals surface area contributed by atoms with Crippen molar-refractivity contribution in [2.45, 2.75) is 63.7 Å². The fourth-order valence-corrected chi connectivity index (χ4v) is 5.46. The first-order chi connectivity index (χ1) is 14.6. The number of rotatable bonds is 5. The molecule has 0 bridgehead atoms. The van der Waals surface area contributed by atoms with E-state index in [1.54, 1.807) is 4.90 Å². The predicted octanol–water partition coefficient (Wildman–Crippen LogP) is 6.12. The van der Waals surface area contributed by atoms with Crippen molar-refractivity contribution in [3.63, 3.8) is 0 Å². The summed E-state index contributed by atoms with van der Waals surface area (Å²) >= 11 is 1.50. The van der Waals surface area contributed by atoms with E-state index in [4.69, 9.17) is 0 Å². The molecule has 0 atom stereocenters. The lowest BCUT2D eigenvalue weighted by Crippen LogP contribution is -2.41. The summed E-state index contributed by atoms with van der Waals surface area (Å²) in [5.74, 6) is 0.482. The molecule has 2 aromatic rings. The van der Waals surface area contributed by atoms with Gasteiger partial charge in [-0.3, -0.25) is 14.5 Å². The van der Waals surface area contributed by atoms with Crippen LogP contribution in [0, 0.1) is 6.92 Å². The van der Waals surface area contributed by atoms with Crippen molar-refractivity contribution in [1.29, 1.82) is 0 Å². The average molecular weight is 420 g/mol. The standard InChI is InChI=1S/C26H29NO2S/c1-19-14-16-21(17-15-19)23-24(30-18-20-10-6-5-7-11-20)26(29)27(25(23)28)22-12-8-3-2-4-9-13-22/h5-7,10-11,14-17,22H,2-4,8-9,12-13,18H2,1H3. The molecule has 4 heteroatoms. The summed E-state index contributed by atoms with van der Waals surface area (Å²) in [6, 6.07) is 18.1. The number of hydrogen-bond donors (Lipinski definition) is 0. The monoisotopic (exact) mass is 419 g/mol. The Labute approximate surface area is 183 Å². The summed E-state index contributed by atoms with van der Waals surface area (Å²) in [5, 5.41) is 0. The largest absolute Gasteiger partial charge is 0.271 e. The maximum absolute atomic E-state index is 13.6. The molecule has 1 fully saturated rings. The van der Waals surface area contributed by atoms with Crippen molar-refractivity contribution in [2.75, 3.05) is 0 Å². The van der Waals surface area contributed by atoms with Crippen molar-refractivity contribution in [3.05, 3.63) is 76.2 Å². The van der Waals surface area contributed by atoms with Gasteiger partial charge in [0.05, 0.1) is 10.5 Å². The van der Waals surface area contributed by atoms with Crippen LogP contribution >= 0.6 is 11.8 Å². The quantitative estimate of drug-likeness (QED) is 0.548. The van der Waals surface area contributed by atoms with Crippen LogP contribution in [0.15, 0.2) is 59.5 Å². The molecule has 3 nitrogen and oxygen atoms in total. The molecule has 0 spiro atoms. The Morgan fingerprint density at radius 3 is 2.13 bits per heavy atom. The number of aryl methyl sites for hydroxylation is 1. The van der Waals surface area contributed by atoms with Gasteiger partial charge >= 0.3 is 0 Å². The molecule has 4 rings (SSSR count). The molecule has 1 heterocycles. The van der Waals surface area contributed by atoms with E-state index < -0.39 is 0 Å². The van der Waals surface area contributed by atoms with Crippen LogP contribution in [0.3, 0.4) is 0 Å². The Kier molecular flexibility index (Phi) is 6.73. The van der Waals surface area contributed by atoms with Crippen LogP contribution in [0.4, 0.5) is 0 Å². The van der Waals surface area contributed by atoms with Gasteiger partial charge in [0, 0.05) is 11.8 Å². The van der Waals surface area contributed by atoms with Gasteiger partial charge in [-0.1, -0.05) is 92.3 Å². The second kappa shape index (κ2) is 9.65. The number of amides is 2. The first-order valence-corrected chi connectivity index (χ1v) is 12.0. The van der Waals surface area contributed by atoms with Gasteiger partial charge in [0.15, 0.2) is 0 Å². The summed E-state index contributed by atoms with van der Waals surface area (Å²) in [6.07, 6.45) is 7.69. The van der Waals surface area contributed by atoms with Crippen LogP contribution in [-0.2, 0) is 15.3 Å². The molecular weight excluding hydrogens is 390 g/mol. The molecule has 1 aliphatic heterocycles. The van der Waals surface area contributed by atoms with E-state index in [1.165, 1.54) is 31.0 Å². The third-order valence-electron chi connectivity index (χ3n) is 6.08. The van der Waals surface area contributed by atoms with Gasteiger partial charge in [-0.05, 0) is 30.9 Å². The molecule has 2 aliphatic rings. The fourth-order valence-electron chi connectivity index (χ4n) is 4.39. The number of thioether (sulfide) groups is 1. The normalized spacial score (nSPS) is 18.6. The highest BCUT2D eigenvalue weighted by Crippen LogP contribution is 2.40. The Morgan fingerprint density at radius 1 is 0.833 bits per heavy atom. The maximum Gasteiger partial charge on any atom is 0.268 e.